The second kappa shape index (κ2) is 7.63. The van der Waals surface area contributed by atoms with Gasteiger partial charge in [-0.2, -0.15) is 0 Å². The van der Waals surface area contributed by atoms with Gasteiger partial charge in [-0.25, -0.2) is 0 Å². The van der Waals surface area contributed by atoms with Gasteiger partial charge in [0.1, 0.15) is 0 Å². The van der Waals surface area contributed by atoms with Crippen molar-refractivity contribution in [3.05, 3.63) is 35.4 Å². The van der Waals surface area contributed by atoms with Crippen LogP contribution < -0.4 is 0 Å². The summed E-state index contributed by atoms with van der Waals surface area (Å²) in [6.07, 6.45) is 1.30. The van der Waals surface area contributed by atoms with E-state index in [0.29, 0.717) is 0 Å². The lowest BCUT2D eigenvalue weighted by Crippen LogP contribution is -2.43. The van der Waals surface area contributed by atoms with Gasteiger partial charge in [0.05, 0.1) is 19.3 Å². The Morgan fingerprint density at radius 3 is 2.84 bits per heavy atom. The minimum Gasteiger partial charge on any atom is -0.379 e. The van der Waals surface area contributed by atoms with E-state index in [4.69, 9.17) is 9.47 Å². The number of ether oxygens (including phenoxy) is 2. The van der Waals surface area contributed by atoms with E-state index in [9.17, 15) is 0 Å². The second-order valence-electron chi connectivity index (χ2n) is 5.29. The zero-order valence-corrected chi connectivity index (χ0v) is 12.1. The summed E-state index contributed by atoms with van der Waals surface area (Å²) in [5, 5.41) is 0. The molecular formula is C16H25NO2. The molecule has 1 unspecified atom stereocenters. The van der Waals surface area contributed by atoms with Crippen molar-refractivity contribution < 1.29 is 9.47 Å². The molecule has 2 rings (SSSR count). The van der Waals surface area contributed by atoms with Crippen molar-refractivity contribution in [3.63, 3.8) is 0 Å². The zero-order valence-electron chi connectivity index (χ0n) is 12.1. The highest BCUT2D eigenvalue weighted by Gasteiger charge is 2.20. The molecule has 1 aliphatic rings. The summed E-state index contributed by atoms with van der Waals surface area (Å²) < 4.78 is 11.3. The summed E-state index contributed by atoms with van der Waals surface area (Å²) in [6.45, 7) is 9.61. The molecule has 0 bridgehead atoms. The quantitative estimate of drug-likeness (QED) is 0.736. The summed E-state index contributed by atoms with van der Waals surface area (Å²) in [6, 6.07) is 8.79. The van der Waals surface area contributed by atoms with E-state index in [2.05, 4.69) is 43.0 Å². The number of aryl methyl sites for hydroxylation is 1. The van der Waals surface area contributed by atoms with E-state index in [1.165, 1.54) is 11.1 Å². The Kier molecular flexibility index (Phi) is 5.83. The van der Waals surface area contributed by atoms with Crippen LogP contribution in [0, 0.1) is 6.92 Å². The van der Waals surface area contributed by atoms with Crippen LogP contribution in [0.4, 0.5) is 0 Å². The number of benzene rings is 1. The first-order chi connectivity index (χ1) is 9.28. The van der Waals surface area contributed by atoms with Crippen LogP contribution >= 0.6 is 0 Å². The van der Waals surface area contributed by atoms with Gasteiger partial charge in [0, 0.05) is 26.2 Å². The first-order valence-electron chi connectivity index (χ1n) is 7.25. The van der Waals surface area contributed by atoms with E-state index >= 15 is 0 Å². The van der Waals surface area contributed by atoms with Crippen LogP contribution in [0.2, 0.25) is 0 Å². The smallest absolute Gasteiger partial charge is 0.0935 e. The third-order valence-electron chi connectivity index (χ3n) is 3.40. The van der Waals surface area contributed by atoms with E-state index in [-0.39, 0.29) is 6.10 Å². The van der Waals surface area contributed by atoms with Gasteiger partial charge in [0.25, 0.3) is 0 Å². The predicted molar refractivity (Wildman–Crippen MR) is 77.3 cm³/mol. The Labute approximate surface area is 116 Å². The van der Waals surface area contributed by atoms with Crippen LogP contribution in [0.3, 0.4) is 0 Å². The van der Waals surface area contributed by atoms with Crippen LogP contribution in [0.5, 0.6) is 0 Å². The lowest BCUT2D eigenvalue weighted by atomic mass is 10.1. The lowest BCUT2D eigenvalue weighted by Gasteiger charge is -2.32. The summed E-state index contributed by atoms with van der Waals surface area (Å²) in [4.78, 5) is 2.45. The highest BCUT2D eigenvalue weighted by atomic mass is 16.5. The number of rotatable bonds is 6. The molecule has 0 spiro atoms. The molecule has 0 radical (unpaired) electrons. The van der Waals surface area contributed by atoms with Crippen molar-refractivity contribution in [2.24, 2.45) is 0 Å². The number of morpholine rings is 1. The van der Waals surface area contributed by atoms with Gasteiger partial charge in [-0.05, 0) is 18.9 Å². The maximum atomic E-state index is 5.74. The largest absolute Gasteiger partial charge is 0.379 e. The molecule has 0 N–H and O–H groups in total. The van der Waals surface area contributed by atoms with Crippen LogP contribution in [0.15, 0.2) is 24.3 Å². The fraction of sp³-hybridized carbons (Fsp3) is 0.625. The predicted octanol–water partition coefficient (Wildman–Crippen LogP) is 2.62. The average Bonchev–Trinajstić information content (AvgIpc) is 2.42. The monoisotopic (exact) mass is 263 g/mol. The normalized spacial score (nSPS) is 20.6. The molecule has 1 aromatic carbocycles. The Hall–Kier alpha value is -0.900. The molecule has 1 aliphatic heterocycles. The van der Waals surface area contributed by atoms with Gasteiger partial charge in [0.2, 0.25) is 0 Å². The van der Waals surface area contributed by atoms with Crippen LogP contribution in [-0.2, 0) is 16.0 Å². The molecule has 0 amide bonds. The van der Waals surface area contributed by atoms with Crippen molar-refractivity contribution in [3.8, 4) is 0 Å². The van der Waals surface area contributed by atoms with Gasteiger partial charge in [-0.3, -0.25) is 4.90 Å². The Morgan fingerprint density at radius 1 is 1.32 bits per heavy atom. The molecule has 1 heterocycles. The molecule has 1 fully saturated rings. The van der Waals surface area contributed by atoms with Gasteiger partial charge >= 0.3 is 0 Å². The maximum Gasteiger partial charge on any atom is 0.0935 e. The molecule has 1 saturated heterocycles. The second-order valence-corrected chi connectivity index (χ2v) is 5.29. The van der Waals surface area contributed by atoms with Crippen molar-refractivity contribution in [1.29, 1.82) is 0 Å². The fourth-order valence-electron chi connectivity index (χ4n) is 2.34. The number of hydrogen-bond acceptors (Lipinski definition) is 3. The maximum absolute atomic E-state index is 5.74. The van der Waals surface area contributed by atoms with E-state index < -0.39 is 0 Å². The van der Waals surface area contributed by atoms with Crippen molar-refractivity contribution >= 4 is 0 Å². The fourth-order valence-corrected chi connectivity index (χ4v) is 2.34. The standard InChI is InChI=1S/C16H25NO2/c1-3-9-18-13-16-12-17(8-10-19-16)11-15-6-4-14(2)5-7-15/h4-7,16H,3,8-13H2,1-2H3. The van der Waals surface area contributed by atoms with Crippen molar-refractivity contribution in [1.82, 2.24) is 4.90 Å². The topological polar surface area (TPSA) is 21.7 Å². The van der Waals surface area contributed by atoms with Crippen LogP contribution in [0.25, 0.3) is 0 Å². The van der Waals surface area contributed by atoms with Crippen molar-refractivity contribution in [2.45, 2.75) is 32.9 Å². The zero-order chi connectivity index (χ0) is 13.5. The van der Waals surface area contributed by atoms with E-state index in [0.717, 1.165) is 45.9 Å². The van der Waals surface area contributed by atoms with Gasteiger partial charge in [0.15, 0.2) is 0 Å². The summed E-state index contributed by atoms with van der Waals surface area (Å²) in [5.41, 5.74) is 2.69. The SMILES string of the molecule is CCCOCC1CN(Cc2ccc(C)cc2)CCO1. The molecule has 0 aromatic heterocycles. The summed E-state index contributed by atoms with van der Waals surface area (Å²) >= 11 is 0. The molecule has 106 valence electrons. The van der Waals surface area contributed by atoms with E-state index in [1.54, 1.807) is 0 Å². The number of hydrogen-bond donors (Lipinski definition) is 0. The first-order valence-corrected chi connectivity index (χ1v) is 7.25. The van der Waals surface area contributed by atoms with Gasteiger partial charge in [-0.15, -0.1) is 0 Å². The minimum atomic E-state index is 0.228. The summed E-state index contributed by atoms with van der Waals surface area (Å²) in [7, 11) is 0. The Morgan fingerprint density at radius 2 is 2.11 bits per heavy atom. The molecule has 19 heavy (non-hydrogen) atoms. The molecule has 3 heteroatoms. The minimum absolute atomic E-state index is 0.228. The third-order valence-corrected chi connectivity index (χ3v) is 3.40. The molecular weight excluding hydrogens is 238 g/mol. The first kappa shape index (κ1) is 14.5. The lowest BCUT2D eigenvalue weighted by molar-refractivity contribution is -0.0709. The Bertz CT molecular complexity index is 364. The summed E-state index contributed by atoms with van der Waals surface area (Å²) in [5.74, 6) is 0. The average molecular weight is 263 g/mol. The van der Waals surface area contributed by atoms with Crippen LogP contribution in [-0.4, -0.2) is 43.9 Å². The van der Waals surface area contributed by atoms with Gasteiger partial charge < -0.3 is 9.47 Å². The Balaban J connectivity index is 1.78. The molecule has 0 aliphatic carbocycles. The molecule has 3 nitrogen and oxygen atoms in total. The molecule has 1 aromatic rings. The highest BCUT2D eigenvalue weighted by Crippen LogP contribution is 2.11. The highest BCUT2D eigenvalue weighted by molar-refractivity contribution is 5.21. The van der Waals surface area contributed by atoms with Crippen molar-refractivity contribution in [2.75, 3.05) is 32.9 Å². The third kappa shape index (κ3) is 4.94. The van der Waals surface area contributed by atoms with E-state index in [1.807, 2.05) is 0 Å². The number of nitrogens with zero attached hydrogens (tertiary/aromatic N) is 1. The molecule has 1 atom stereocenters. The van der Waals surface area contributed by atoms with Gasteiger partial charge in [-0.1, -0.05) is 36.8 Å². The molecule has 0 saturated carbocycles. The van der Waals surface area contributed by atoms with Crippen LogP contribution in [0.1, 0.15) is 24.5 Å².